The molecule has 3 rings (SSSR count). The van der Waals surface area contributed by atoms with Gasteiger partial charge in [-0.3, -0.25) is 0 Å². The van der Waals surface area contributed by atoms with Crippen molar-refractivity contribution >= 4 is 15.2 Å². The van der Waals surface area contributed by atoms with E-state index in [0.717, 1.165) is 46.6 Å². The molecule has 3 aliphatic rings. The largest absolute Gasteiger partial charge is 0.0711 e. The molecule has 0 aromatic heterocycles. The molecule has 0 amide bonds. The van der Waals surface area contributed by atoms with E-state index in [9.17, 15) is 0 Å². The van der Waals surface area contributed by atoms with Crippen molar-refractivity contribution in [2.45, 2.75) is 103 Å². The minimum absolute atomic E-state index is 0.938. The summed E-state index contributed by atoms with van der Waals surface area (Å²) in [5, 5.41) is 0. The van der Waals surface area contributed by atoms with Crippen molar-refractivity contribution < 1.29 is 0 Å². The SMILES string of the molecule is CC1C(C)C(C)C([Si](C)(C)[Si](C)(C)C2CCC3CCCCC32)C1C. The van der Waals surface area contributed by atoms with E-state index in [-0.39, 0.29) is 0 Å². The Hall–Kier alpha value is 0.434. The first kappa shape index (κ1) is 19.2. The molecular formula is C22H44Si2. The lowest BCUT2D eigenvalue weighted by Crippen LogP contribution is -2.62. The first-order valence-corrected chi connectivity index (χ1v) is 18.3. The van der Waals surface area contributed by atoms with Gasteiger partial charge in [-0.05, 0) is 46.6 Å². The second-order valence-electron chi connectivity index (χ2n) is 11.3. The molecule has 0 bridgehead atoms. The molecule has 7 unspecified atom stereocenters. The van der Waals surface area contributed by atoms with Crippen molar-refractivity contribution in [3.05, 3.63) is 0 Å². The predicted octanol–water partition coefficient (Wildman–Crippen LogP) is 7.38. The molecule has 0 spiro atoms. The van der Waals surface area contributed by atoms with Gasteiger partial charge < -0.3 is 0 Å². The second kappa shape index (κ2) is 6.55. The lowest BCUT2D eigenvalue weighted by atomic mass is 9.82. The van der Waals surface area contributed by atoms with Gasteiger partial charge in [0.15, 0.2) is 0 Å². The first-order chi connectivity index (χ1) is 11.1. The summed E-state index contributed by atoms with van der Waals surface area (Å²) in [4.78, 5) is 0. The van der Waals surface area contributed by atoms with E-state index in [1.165, 1.54) is 12.8 Å². The van der Waals surface area contributed by atoms with Gasteiger partial charge in [0.1, 0.15) is 0 Å². The summed E-state index contributed by atoms with van der Waals surface area (Å²) in [5.41, 5.74) is 2.24. The lowest BCUT2D eigenvalue weighted by Gasteiger charge is -2.52. The van der Waals surface area contributed by atoms with Crippen molar-refractivity contribution in [3.63, 3.8) is 0 Å². The maximum absolute atomic E-state index is 2.86. The molecule has 0 N–H and O–H groups in total. The average Bonchev–Trinajstić information content (AvgIpc) is 3.04. The third-order valence-corrected chi connectivity index (χ3v) is 31.1. The average molecular weight is 365 g/mol. The molecular weight excluding hydrogens is 320 g/mol. The number of hydrogen-bond acceptors (Lipinski definition) is 0. The molecule has 140 valence electrons. The molecule has 0 radical (unpaired) electrons. The predicted molar refractivity (Wildman–Crippen MR) is 114 cm³/mol. The Morgan fingerprint density at radius 2 is 1.12 bits per heavy atom. The van der Waals surface area contributed by atoms with Crippen LogP contribution in [0.25, 0.3) is 0 Å². The summed E-state index contributed by atoms with van der Waals surface area (Å²) in [7, 11) is -2.39. The summed E-state index contributed by atoms with van der Waals surface area (Å²) in [6.45, 7) is 21.7. The van der Waals surface area contributed by atoms with Crippen LogP contribution in [-0.4, -0.2) is 15.2 Å². The van der Waals surface area contributed by atoms with E-state index >= 15 is 0 Å². The van der Waals surface area contributed by atoms with Crippen LogP contribution in [-0.2, 0) is 0 Å². The van der Waals surface area contributed by atoms with E-state index in [4.69, 9.17) is 0 Å². The van der Waals surface area contributed by atoms with Gasteiger partial charge in [0, 0.05) is 15.2 Å². The van der Waals surface area contributed by atoms with Crippen molar-refractivity contribution in [2.75, 3.05) is 0 Å². The quantitative estimate of drug-likeness (QED) is 0.458. The van der Waals surface area contributed by atoms with Gasteiger partial charge in [-0.2, -0.15) is 0 Å². The Morgan fingerprint density at radius 1 is 0.583 bits per heavy atom. The van der Waals surface area contributed by atoms with Gasteiger partial charge in [0.05, 0.1) is 0 Å². The molecule has 0 aliphatic heterocycles. The third kappa shape index (κ3) is 2.73. The van der Waals surface area contributed by atoms with Crippen LogP contribution in [0.1, 0.15) is 66.2 Å². The Balaban J connectivity index is 1.87. The minimum Gasteiger partial charge on any atom is -0.0711 e. The maximum atomic E-state index is 2.86. The fourth-order valence-electron chi connectivity index (χ4n) is 7.94. The lowest BCUT2D eigenvalue weighted by molar-refractivity contribution is 0.275. The molecule has 2 heteroatoms. The highest BCUT2D eigenvalue weighted by Gasteiger charge is 2.59. The fraction of sp³-hybridized carbons (Fsp3) is 1.00. The Kier molecular flexibility index (Phi) is 5.24. The van der Waals surface area contributed by atoms with Gasteiger partial charge >= 0.3 is 0 Å². The summed E-state index contributed by atoms with van der Waals surface area (Å²) in [6, 6.07) is 0. The molecule has 3 fully saturated rings. The Morgan fingerprint density at radius 3 is 1.71 bits per heavy atom. The second-order valence-corrected chi connectivity index (χ2v) is 27.3. The Bertz CT molecular complexity index is 441. The molecule has 0 aromatic rings. The van der Waals surface area contributed by atoms with Gasteiger partial charge in [0.25, 0.3) is 0 Å². The van der Waals surface area contributed by atoms with E-state index in [2.05, 4.69) is 53.9 Å². The van der Waals surface area contributed by atoms with E-state index in [1.807, 2.05) is 0 Å². The van der Waals surface area contributed by atoms with Gasteiger partial charge in [0.2, 0.25) is 0 Å². The summed E-state index contributed by atoms with van der Waals surface area (Å²) in [6.07, 6.45) is 9.40. The van der Waals surface area contributed by atoms with Crippen molar-refractivity contribution in [3.8, 4) is 0 Å². The van der Waals surface area contributed by atoms with Gasteiger partial charge in [-0.25, -0.2) is 0 Å². The van der Waals surface area contributed by atoms with Crippen LogP contribution < -0.4 is 0 Å². The van der Waals surface area contributed by atoms with Crippen LogP contribution in [0.4, 0.5) is 0 Å². The van der Waals surface area contributed by atoms with Crippen LogP contribution >= 0.6 is 0 Å². The number of hydrogen-bond donors (Lipinski definition) is 0. The van der Waals surface area contributed by atoms with Crippen LogP contribution in [0.5, 0.6) is 0 Å². The van der Waals surface area contributed by atoms with E-state index < -0.39 is 15.2 Å². The van der Waals surface area contributed by atoms with Crippen molar-refractivity contribution in [1.82, 2.24) is 0 Å². The number of fused-ring (bicyclic) bond motifs is 1. The zero-order chi connectivity index (χ0) is 17.9. The van der Waals surface area contributed by atoms with Crippen LogP contribution in [0.15, 0.2) is 0 Å². The van der Waals surface area contributed by atoms with Gasteiger partial charge in [-0.1, -0.05) is 92.4 Å². The summed E-state index contributed by atoms with van der Waals surface area (Å²) in [5.74, 6) is 6.06. The summed E-state index contributed by atoms with van der Waals surface area (Å²) < 4.78 is 0. The highest BCUT2D eigenvalue weighted by molar-refractivity contribution is 7.41. The van der Waals surface area contributed by atoms with Gasteiger partial charge in [-0.15, -0.1) is 0 Å². The number of rotatable bonds is 3. The van der Waals surface area contributed by atoms with E-state index in [1.54, 1.807) is 25.7 Å². The van der Waals surface area contributed by atoms with Crippen molar-refractivity contribution in [1.29, 1.82) is 0 Å². The van der Waals surface area contributed by atoms with Crippen LogP contribution in [0.2, 0.25) is 37.3 Å². The van der Waals surface area contributed by atoms with Crippen LogP contribution in [0.3, 0.4) is 0 Å². The topological polar surface area (TPSA) is 0 Å². The molecule has 0 saturated heterocycles. The molecule has 0 aromatic carbocycles. The highest BCUT2D eigenvalue weighted by Crippen LogP contribution is 2.60. The summed E-state index contributed by atoms with van der Waals surface area (Å²) >= 11 is 0. The smallest absolute Gasteiger partial charge is 0.0451 e. The molecule has 3 saturated carbocycles. The maximum Gasteiger partial charge on any atom is 0.0451 e. The minimum atomic E-state index is -1.21. The third-order valence-electron chi connectivity index (χ3n) is 10.4. The normalized spacial score (nSPS) is 47.0. The molecule has 3 aliphatic carbocycles. The Labute approximate surface area is 154 Å². The van der Waals surface area contributed by atoms with Crippen molar-refractivity contribution in [2.24, 2.45) is 35.5 Å². The monoisotopic (exact) mass is 364 g/mol. The standard InChI is InChI=1S/C22H44Si2/c1-15-16(2)18(4)22(17(15)3)24(7,8)23(5,6)21-14-13-19-11-9-10-12-20(19)21/h15-22H,9-14H2,1-8H3. The van der Waals surface area contributed by atoms with Crippen LogP contribution in [0, 0.1) is 35.5 Å². The fourth-order valence-corrected chi connectivity index (χ4v) is 23.5. The molecule has 7 atom stereocenters. The highest BCUT2D eigenvalue weighted by atomic mass is 29.3. The first-order valence-electron chi connectivity index (χ1n) is 11.1. The van der Waals surface area contributed by atoms with E-state index in [0.29, 0.717) is 0 Å². The molecule has 0 nitrogen and oxygen atoms in total. The molecule has 24 heavy (non-hydrogen) atoms. The zero-order valence-electron chi connectivity index (χ0n) is 17.9. The zero-order valence-corrected chi connectivity index (χ0v) is 19.9. The molecule has 0 heterocycles.